The molecule has 8 heteroatoms. The average molecular weight is 376 g/mol. The van der Waals surface area contributed by atoms with Gasteiger partial charge in [0.2, 0.25) is 5.91 Å². The molecule has 140 valence electrons. The number of nitrogens with one attached hydrogen (secondary N) is 1. The number of amides is 1. The van der Waals surface area contributed by atoms with E-state index in [0.717, 1.165) is 47.5 Å². The molecule has 1 N–H and O–H groups in total. The van der Waals surface area contributed by atoms with E-state index in [1.54, 1.807) is 14.0 Å². The monoisotopic (exact) mass is 376 g/mol. The smallest absolute Gasteiger partial charge is 0.348 e. The third-order valence-electron chi connectivity index (χ3n) is 4.76. The lowest BCUT2D eigenvalue weighted by atomic mass is 9.96. The molecule has 1 aliphatic rings. The van der Waals surface area contributed by atoms with Crippen molar-refractivity contribution in [3.8, 4) is 0 Å². The predicted octanol–water partition coefficient (Wildman–Crippen LogP) is 2.45. The van der Waals surface area contributed by atoms with E-state index in [9.17, 15) is 9.59 Å². The molecule has 2 aromatic heterocycles. The van der Waals surface area contributed by atoms with Crippen molar-refractivity contribution in [2.75, 3.05) is 31.6 Å². The second-order valence-corrected chi connectivity index (χ2v) is 7.43. The standard InChI is InChI=1S/C18H24N4O3S/c1-5-25-18(24)14-10(2)13-15(20-11(3)21-17(13)26-14)22-8-6-12(7-9-22)16(23)19-4/h12H,5-9H2,1-4H3,(H,19,23). The van der Waals surface area contributed by atoms with Crippen molar-refractivity contribution in [3.05, 3.63) is 16.3 Å². The molecule has 0 radical (unpaired) electrons. The number of nitrogens with zero attached hydrogens (tertiary/aromatic N) is 3. The molecule has 0 bridgehead atoms. The Balaban J connectivity index is 1.96. The zero-order chi connectivity index (χ0) is 18.8. The molecule has 1 saturated heterocycles. The Bertz CT molecular complexity index is 841. The first kappa shape index (κ1) is 18.6. The highest BCUT2D eigenvalue weighted by Gasteiger charge is 2.28. The normalized spacial score (nSPS) is 15.3. The zero-order valence-electron chi connectivity index (χ0n) is 15.6. The number of hydrogen-bond donors (Lipinski definition) is 1. The Labute approximate surface area is 156 Å². The quantitative estimate of drug-likeness (QED) is 0.825. The minimum absolute atomic E-state index is 0.0494. The van der Waals surface area contributed by atoms with Crippen LogP contribution in [0.25, 0.3) is 10.2 Å². The molecule has 0 atom stereocenters. The maximum absolute atomic E-state index is 12.2. The summed E-state index contributed by atoms with van der Waals surface area (Å²) in [5.41, 5.74) is 0.867. The molecule has 0 saturated carbocycles. The first-order chi connectivity index (χ1) is 12.5. The number of aromatic nitrogens is 2. The van der Waals surface area contributed by atoms with Crippen molar-refractivity contribution < 1.29 is 14.3 Å². The molecule has 2 aromatic rings. The van der Waals surface area contributed by atoms with Gasteiger partial charge in [0.25, 0.3) is 0 Å². The van der Waals surface area contributed by atoms with E-state index in [1.807, 2.05) is 13.8 Å². The zero-order valence-corrected chi connectivity index (χ0v) is 16.4. The fourth-order valence-electron chi connectivity index (χ4n) is 3.40. The Morgan fingerprint density at radius 2 is 1.96 bits per heavy atom. The van der Waals surface area contributed by atoms with Gasteiger partial charge in [-0.15, -0.1) is 11.3 Å². The molecule has 1 fully saturated rings. The molecule has 0 spiro atoms. The summed E-state index contributed by atoms with van der Waals surface area (Å²) < 4.78 is 5.17. The lowest BCUT2D eigenvalue weighted by Crippen LogP contribution is -2.40. The average Bonchev–Trinajstić information content (AvgIpc) is 2.97. The second kappa shape index (κ2) is 7.57. The largest absolute Gasteiger partial charge is 0.462 e. The SMILES string of the molecule is CCOC(=O)c1sc2nc(C)nc(N3CCC(C(=O)NC)CC3)c2c1C. The highest BCUT2D eigenvalue weighted by molar-refractivity contribution is 7.20. The van der Waals surface area contributed by atoms with Gasteiger partial charge in [0.05, 0.1) is 12.0 Å². The minimum atomic E-state index is -0.310. The first-order valence-corrected chi connectivity index (χ1v) is 9.69. The van der Waals surface area contributed by atoms with Crippen molar-refractivity contribution in [3.63, 3.8) is 0 Å². The third kappa shape index (κ3) is 3.38. The van der Waals surface area contributed by atoms with Gasteiger partial charge in [-0.3, -0.25) is 4.79 Å². The molecule has 1 aliphatic heterocycles. The van der Waals surface area contributed by atoms with Gasteiger partial charge in [-0.25, -0.2) is 14.8 Å². The van der Waals surface area contributed by atoms with Gasteiger partial charge >= 0.3 is 5.97 Å². The van der Waals surface area contributed by atoms with Gasteiger partial charge in [-0.1, -0.05) is 0 Å². The topological polar surface area (TPSA) is 84.4 Å². The van der Waals surface area contributed by atoms with Crippen molar-refractivity contribution in [1.29, 1.82) is 0 Å². The number of carbonyl (C=O) groups excluding carboxylic acids is 2. The van der Waals surface area contributed by atoms with Crippen LogP contribution in [0.1, 0.15) is 40.8 Å². The van der Waals surface area contributed by atoms with E-state index in [0.29, 0.717) is 17.3 Å². The molecular weight excluding hydrogens is 352 g/mol. The molecule has 7 nitrogen and oxygen atoms in total. The summed E-state index contributed by atoms with van der Waals surface area (Å²) in [5, 5.41) is 3.65. The summed E-state index contributed by atoms with van der Waals surface area (Å²) in [4.78, 5) is 36.9. The van der Waals surface area contributed by atoms with Crippen LogP contribution in [0, 0.1) is 19.8 Å². The number of aryl methyl sites for hydroxylation is 2. The lowest BCUT2D eigenvalue weighted by molar-refractivity contribution is -0.125. The van der Waals surface area contributed by atoms with E-state index in [1.165, 1.54) is 11.3 Å². The van der Waals surface area contributed by atoms with Crippen molar-refractivity contribution in [2.24, 2.45) is 5.92 Å². The lowest BCUT2D eigenvalue weighted by Gasteiger charge is -2.32. The summed E-state index contributed by atoms with van der Waals surface area (Å²) in [6.45, 7) is 7.44. The molecule has 0 aliphatic carbocycles. The van der Waals surface area contributed by atoms with Crippen molar-refractivity contribution in [2.45, 2.75) is 33.6 Å². The molecule has 0 unspecified atom stereocenters. The van der Waals surface area contributed by atoms with Crippen LogP contribution in [-0.2, 0) is 9.53 Å². The number of ether oxygens (including phenoxy) is 1. The summed E-state index contributed by atoms with van der Waals surface area (Å²) in [7, 11) is 1.68. The Morgan fingerprint density at radius 3 is 2.58 bits per heavy atom. The number of carbonyl (C=O) groups is 2. The molecule has 3 heterocycles. The number of fused-ring (bicyclic) bond motifs is 1. The molecular formula is C18H24N4O3S. The van der Waals surface area contributed by atoms with Crippen LogP contribution in [0.2, 0.25) is 0 Å². The molecule has 26 heavy (non-hydrogen) atoms. The van der Waals surface area contributed by atoms with Crippen LogP contribution < -0.4 is 10.2 Å². The van der Waals surface area contributed by atoms with Crippen LogP contribution in [0.15, 0.2) is 0 Å². The Hall–Kier alpha value is -2.22. The summed E-state index contributed by atoms with van der Waals surface area (Å²) in [5.74, 6) is 1.37. The number of esters is 1. The van der Waals surface area contributed by atoms with Crippen LogP contribution in [0.4, 0.5) is 5.82 Å². The minimum Gasteiger partial charge on any atom is -0.462 e. The molecule has 3 rings (SSSR count). The van der Waals surface area contributed by atoms with Crippen molar-refractivity contribution in [1.82, 2.24) is 15.3 Å². The number of piperidine rings is 1. The van der Waals surface area contributed by atoms with Crippen LogP contribution >= 0.6 is 11.3 Å². The van der Waals surface area contributed by atoms with Gasteiger partial charge in [-0.2, -0.15) is 0 Å². The predicted molar refractivity (Wildman–Crippen MR) is 102 cm³/mol. The summed E-state index contributed by atoms with van der Waals surface area (Å²) >= 11 is 1.36. The van der Waals surface area contributed by atoms with E-state index in [-0.39, 0.29) is 17.8 Å². The van der Waals surface area contributed by atoms with Gasteiger partial charge in [-0.05, 0) is 39.2 Å². The fraction of sp³-hybridized carbons (Fsp3) is 0.556. The van der Waals surface area contributed by atoms with Crippen molar-refractivity contribution >= 4 is 39.2 Å². The van der Waals surface area contributed by atoms with E-state index < -0.39 is 0 Å². The second-order valence-electron chi connectivity index (χ2n) is 6.43. The Kier molecular flexibility index (Phi) is 5.41. The fourth-order valence-corrected chi connectivity index (χ4v) is 4.51. The third-order valence-corrected chi connectivity index (χ3v) is 5.92. The molecule has 0 aromatic carbocycles. The van der Waals surface area contributed by atoms with E-state index in [4.69, 9.17) is 4.74 Å². The number of anilines is 1. The summed E-state index contributed by atoms with van der Waals surface area (Å²) in [6, 6.07) is 0. The maximum atomic E-state index is 12.2. The maximum Gasteiger partial charge on any atom is 0.348 e. The highest BCUT2D eigenvalue weighted by atomic mass is 32.1. The van der Waals surface area contributed by atoms with Crippen LogP contribution in [0.3, 0.4) is 0 Å². The Morgan fingerprint density at radius 1 is 1.27 bits per heavy atom. The first-order valence-electron chi connectivity index (χ1n) is 8.87. The number of thiophene rings is 1. The molecule has 1 amide bonds. The summed E-state index contributed by atoms with van der Waals surface area (Å²) in [6.07, 6.45) is 1.58. The van der Waals surface area contributed by atoms with E-state index in [2.05, 4.69) is 20.2 Å². The van der Waals surface area contributed by atoms with Gasteiger partial charge in [0.15, 0.2) is 0 Å². The van der Waals surface area contributed by atoms with Crippen LogP contribution in [0.5, 0.6) is 0 Å². The number of hydrogen-bond acceptors (Lipinski definition) is 7. The van der Waals surface area contributed by atoms with E-state index >= 15 is 0 Å². The van der Waals surface area contributed by atoms with Crippen LogP contribution in [-0.4, -0.2) is 48.6 Å². The van der Waals surface area contributed by atoms with Gasteiger partial charge in [0.1, 0.15) is 21.3 Å². The highest BCUT2D eigenvalue weighted by Crippen LogP contribution is 2.37. The van der Waals surface area contributed by atoms with Gasteiger partial charge < -0.3 is 15.0 Å². The number of rotatable bonds is 4. The van der Waals surface area contributed by atoms with Gasteiger partial charge in [0, 0.05) is 26.1 Å².